The molecule has 0 saturated carbocycles. The molecule has 0 aromatic heterocycles. The Morgan fingerprint density at radius 2 is 1.79 bits per heavy atom. The first-order valence-electron chi connectivity index (χ1n) is 8.43. The Hall–Kier alpha value is -2.14. The summed E-state index contributed by atoms with van der Waals surface area (Å²) in [5.41, 5.74) is 1.72. The number of nitrogens with zero attached hydrogens (tertiary/aromatic N) is 1. The summed E-state index contributed by atoms with van der Waals surface area (Å²) in [7, 11) is -3.66. The maximum Gasteiger partial charge on any atom is 0.338 e. The molecule has 0 aliphatic carbocycles. The number of esters is 1. The smallest absolute Gasteiger partial charge is 0.338 e. The minimum Gasteiger partial charge on any atom is -0.462 e. The first-order valence-corrected chi connectivity index (χ1v) is 11.4. The molecule has 0 heterocycles. The fourth-order valence-corrected chi connectivity index (χ4v) is 3.74. The van der Waals surface area contributed by atoms with Crippen LogP contribution in [-0.4, -0.2) is 39.7 Å². The topological polar surface area (TPSA) is 92.8 Å². The third-order valence-corrected chi connectivity index (χ3v) is 5.77. The molecular formula is C19H21IN2O5S. The third-order valence-electron chi connectivity index (χ3n) is 3.91. The molecule has 0 aliphatic rings. The summed E-state index contributed by atoms with van der Waals surface area (Å²) < 4.78 is 31.3. The highest BCUT2D eigenvalue weighted by atomic mass is 127. The van der Waals surface area contributed by atoms with Crippen molar-refractivity contribution in [2.75, 3.05) is 29.0 Å². The van der Waals surface area contributed by atoms with Crippen molar-refractivity contribution in [2.45, 2.75) is 13.8 Å². The summed E-state index contributed by atoms with van der Waals surface area (Å²) in [6.07, 6.45) is 1.05. The fraction of sp³-hybridized carbons (Fsp3) is 0.263. The largest absolute Gasteiger partial charge is 0.462 e. The summed E-state index contributed by atoms with van der Waals surface area (Å²) >= 11 is 2.11. The molecule has 0 aliphatic heterocycles. The highest BCUT2D eigenvalue weighted by Crippen LogP contribution is 2.22. The molecule has 9 heteroatoms. The van der Waals surface area contributed by atoms with Crippen LogP contribution >= 0.6 is 22.6 Å². The number of carbonyl (C=O) groups is 2. The SMILES string of the molecule is CCOC(=O)c1cccc(NC(=O)CN(c2ccc(I)cc2)S(C)(=O)=O)c1C. The lowest BCUT2D eigenvalue weighted by Gasteiger charge is -2.22. The molecule has 0 saturated heterocycles. The number of hydrogen-bond donors (Lipinski definition) is 1. The van der Waals surface area contributed by atoms with Crippen LogP contribution in [0.15, 0.2) is 42.5 Å². The number of ether oxygens (including phenoxy) is 1. The van der Waals surface area contributed by atoms with Crippen LogP contribution in [0.1, 0.15) is 22.8 Å². The lowest BCUT2D eigenvalue weighted by molar-refractivity contribution is -0.114. The number of nitrogens with one attached hydrogen (secondary N) is 1. The fourth-order valence-electron chi connectivity index (χ4n) is 2.53. The van der Waals surface area contributed by atoms with Crippen molar-refractivity contribution in [3.05, 3.63) is 57.2 Å². The third kappa shape index (κ3) is 5.68. The summed E-state index contributed by atoms with van der Waals surface area (Å²) in [5, 5.41) is 2.68. The monoisotopic (exact) mass is 516 g/mol. The molecule has 1 amide bonds. The Labute approximate surface area is 178 Å². The second-order valence-corrected chi connectivity index (χ2v) is 9.15. The molecule has 2 aromatic carbocycles. The Bertz CT molecular complexity index is 974. The molecule has 0 spiro atoms. The van der Waals surface area contributed by atoms with Gasteiger partial charge in [-0.2, -0.15) is 0 Å². The second kappa shape index (κ2) is 9.37. The second-order valence-electron chi connectivity index (χ2n) is 5.99. The zero-order valence-electron chi connectivity index (χ0n) is 15.7. The highest BCUT2D eigenvalue weighted by Gasteiger charge is 2.22. The van der Waals surface area contributed by atoms with Crippen LogP contribution in [0.25, 0.3) is 0 Å². The zero-order chi connectivity index (χ0) is 20.9. The van der Waals surface area contributed by atoms with Crippen LogP contribution in [0.4, 0.5) is 11.4 Å². The molecule has 28 heavy (non-hydrogen) atoms. The normalized spacial score (nSPS) is 11.0. The average Bonchev–Trinajstić information content (AvgIpc) is 2.61. The van der Waals surface area contributed by atoms with Crippen molar-refractivity contribution in [1.29, 1.82) is 0 Å². The molecule has 0 unspecified atom stereocenters. The molecule has 0 radical (unpaired) electrons. The number of halogens is 1. The molecule has 150 valence electrons. The maximum atomic E-state index is 12.5. The Morgan fingerprint density at radius 3 is 2.36 bits per heavy atom. The van der Waals surface area contributed by atoms with Gasteiger partial charge in [-0.1, -0.05) is 6.07 Å². The van der Waals surface area contributed by atoms with Crippen LogP contribution < -0.4 is 9.62 Å². The first-order chi connectivity index (χ1) is 13.1. The van der Waals surface area contributed by atoms with Gasteiger partial charge in [-0.05, 0) is 78.4 Å². The van der Waals surface area contributed by atoms with Gasteiger partial charge >= 0.3 is 5.97 Å². The molecule has 0 atom stereocenters. The average molecular weight is 516 g/mol. The molecule has 0 bridgehead atoms. The van der Waals surface area contributed by atoms with Crippen LogP contribution in [0.2, 0.25) is 0 Å². The number of benzene rings is 2. The number of sulfonamides is 1. The van der Waals surface area contributed by atoms with E-state index in [1.54, 1.807) is 56.3 Å². The maximum absolute atomic E-state index is 12.5. The highest BCUT2D eigenvalue weighted by molar-refractivity contribution is 14.1. The lowest BCUT2D eigenvalue weighted by atomic mass is 10.1. The van der Waals surface area contributed by atoms with E-state index < -0.39 is 21.9 Å². The number of hydrogen-bond acceptors (Lipinski definition) is 5. The van der Waals surface area contributed by atoms with Gasteiger partial charge in [0.25, 0.3) is 0 Å². The number of rotatable bonds is 7. The van der Waals surface area contributed by atoms with Crippen LogP contribution in [0.5, 0.6) is 0 Å². The molecule has 1 N–H and O–H groups in total. The van der Waals surface area contributed by atoms with Crippen LogP contribution in [-0.2, 0) is 19.6 Å². The first kappa shape index (κ1) is 22.2. The predicted octanol–water partition coefficient (Wildman–Crippen LogP) is 3.18. The van der Waals surface area contributed by atoms with Gasteiger partial charge in [-0.3, -0.25) is 9.10 Å². The lowest BCUT2D eigenvalue weighted by Crippen LogP contribution is -2.37. The van der Waals surface area contributed by atoms with Crippen molar-refractivity contribution in [1.82, 2.24) is 0 Å². The Balaban J connectivity index is 2.23. The summed E-state index contributed by atoms with van der Waals surface area (Å²) in [6, 6.07) is 11.7. The molecule has 7 nitrogen and oxygen atoms in total. The quantitative estimate of drug-likeness (QED) is 0.451. The van der Waals surface area contributed by atoms with E-state index >= 15 is 0 Å². The minimum absolute atomic E-state index is 0.244. The standard InChI is InChI=1S/C19H21IN2O5S/c1-4-27-19(24)16-6-5-7-17(13(16)2)21-18(23)12-22(28(3,25)26)15-10-8-14(20)9-11-15/h5-11H,4,12H2,1-3H3,(H,21,23). The number of carbonyl (C=O) groups excluding carboxylic acids is 2. The van der Waals surface area contributed by atoms with Crippen molar-refractivity contribution < 1.29 is 22.7 Å². The van der Waals surface area contributed by atoms with E-state index in [9.17, 15) is 18.0 Å². The van der Waals surface area contributed by atoms with Gasteiger partial charge in [0.2, 0.25) is 15.9 Å². The van der Waals surface area contributed by atoms with Crippen molar-refractivity contribution in [3.63, 3.8) is 0 Å². The molecular weight excluding hydrogens is 495 g/mol. The van der Waals surface area contributed by atoms with E-state index in [4.69, 9.17) is 4.74 Å². The predicted molar refractivity (Wildman–Crippen MR) is 117 cm³/mol. The van der Waals surface area contributed by atoms with E-state index in [-0.39, 0.29) is 13.2 Å². The number of anilines is 2. The molecule has 0 fully saturated rings. The molecule has 2 aromatic rings. The van der Waals surface area contributed by atoms with Crippen LogP contribution in [0, 0.1) is 10.5 Å². The van der Waals surface area contributed by atoms with Gasteiger partial charge in [-0.15, -0.1) is 0 Å². The van der Waals surface area contributed by atoms with Crippen molar-refractivity contribution in [2.24, 2.45) is 0 Å². The van der Waals surface area contributed by atoms with Gasteiger partial charge in [0.15, 0.2) is 0 Å². The Kier molecular flexibility index (Phi) is 7.41. The van der Waals surface area contributed by atoms with E-state index in [1.807, 2.05) is 0 Å². The van der Waals surface area contributed by atoms with Crippen LogP contribution in [0.3, 0.4) is 0 Å². The zero-order valence-corrected chi connectivity index (χ0v) is 18.7. The van der Waals surface area contributed by atoms with Gasteiger partial charge in [0.1, 0.15) is 6.54 Å². The minimum atomic E-state index is -3.66. The van der Waals surface area contributed by atoms with E-state index in [0.717, 1.165) is 14.1 Å². The molecule has 2 rings (SSSR count). The van der Waals surface area contributed by atoms with E-state index in [1.165, 1.54) is 0 Å². The van der Waals surface area contributed by atoms with Crippen molar-refractivity contribution >= 4 is 55.9 Å². The van der Waals surface area contributed by atoms with Gasteiger partial charge in [0.05, 0.1) is 24.1 Å². The summed E-state index contributed by atoms with van der Waals surface area (Å²) in [6.45, 7) is 3.26. The van der Waals surface area contributed by atoms with Crippen molar-refractivity contribution in [3.8, 4) is 0 Å². The van der Waals surface area contributed by atoms with Gasteiger partial charge in [0, 0.05) is 9.26 Å². The van der Waals surface area contributed by atoms with E-state index in [0.29, 0.717) is 22.5 Å². The van der Waals surface area contributed by atoms with E-state index in [2.05, 4.69) is 27.9 Å². The summed E-state index contributed by atoms with van der Waals surface area (Å²) in [5.74, 6) is -0.999. The van der Waals surface area contributed by atoms with Gasteiger partial charge in [-0.25, -0.2) is 13.2 Å². The summed E-state index contributed by atoms with van der Waals surface area (Å²) in [4.78, 5) is 24.5. The Morgan fingerprint density at radius 1 is 1.14 bits per heavy atom. The van der Waals surface area contributed by atoms with Gasteiger partial charge < -0.3 is 10.1 Å². The number of amides is 1.